The van der Waals surface area contributed by atoms with Crippen LogP contribution in [0.25, 0.3) is 0 Å². The number of nitrogens with one attached hydrogen (secondary N) is 2. The standard InChI is InChI=1S/C9H10BrIN2O/c1-2-12-9(14)13-8-5-6(10)3-4-7(8)11/h3-5H,2H2,1H3,(H2,12,13,14). The smallest absolute Gasteiger partial charge is 0.319 e. The van der Waals surface area contributed by atoms with E-state index in [9.17, 15) is 4.79 Å². The van der Waals surface area contributed by atoms with Gasteiger partial charge in [-0.2, -0.15) is 0 Å². The third kappa shape index (κ3) is 3.45. The van der Waals surface area contributed by atoms with Crippen LogP contribution in [0, 0.1) is 3.57 Å². The number of hydrogen-bond donors (Lipinski definition) is 2. The highest BCUT2D eigenvalue weighted by atomic mass is 127. The molecule has 0 saturated carbocycles. The Labute approximate surface area is 105 Å². The lowest BCUT2D eigenvalue weighted by atomic mass is 10.3. The van der Waals surface area contributed by atoms with Crippen molar-refractivity contribution in [1.29, 1.82) is 0 Å². The first kappa shape index (κ1) is 11.8. The van der Waals surface area contributed by atoms with Gasteiger partial charge in [0.05, 0.1) is 5.69 Å². The predicted octanol–water partition coefficient (Wildman–Crippen LogP) is 3.20. The van der Waals surface area contributed by atoms with E-state index in [0.717, 1.165) is 13.7 Å². The number of benzene rings is 1. The van der Waals surface area contributed by atoms with Crippen molar-refractivity contribution >= 4 is 50.2 Å². The molecular formula is C9H10BrIN2O. The summed E-state index contributed by atoms with van der Waals surface area (Å²) in [5.41, 5.74) is 0.811. The molecule has 0 fully saturated rings. The van der Waals surface area contributed by atoms with Gasteiger partial charge in [0, 0.05) is 14.6 Å². The van der Waals surface area contributed by atoms with Crippen LogP contribution >= 0.6 is 38.5 Å². The largest absolute Gasteiger partial charge is 0.338 e. The number of carbonyl (C=O) groups excluding carboxylic acids is 1. The molecule has 0 aromatic heterocycles. The molecule has 0 unspecified atom stereocenters. The van der Waals surface area contributed by atoms with Crippen LogP contribution in [0.1, 0.15) is 6.92 Å². The minimum atomic E-state index is -0.177. The van der Waals surface area contributed by atoms with Gasteiger partial charge in [0.25, 0.3) is 0 Å². The third-order valence-electron chi connectivity index (χ3n) is 1.51. The van der Waals surface area contributed by atoms with E-state index in [1.54, 1.807) is 0 Å². The molecule has 2 N–H and O–H groups in total. The maximum atomic E-state index is 11.2. The van der Waals surface area contributed by atoms with Crippen molar-refractivity contribution in [3.05, 3.63) is 26.2 Å². The highest BCUT2D eigenvalue weighted by Gasteiger charge is 2.03. The Hall–Kier alpha value is -0.300. The zero-order chi connectivity index (χ0) is 10.6. The van der Waals surface area contributed by atoms with Crippen molar-refractivity contribution in [2.45, 2.75) is 6.92 Å². The third-order valence-corrected chi connectivity index (χ3v) is 2.95. The fourth-order valence-corrected chi connectivity index (χ4v) is 1.75. The first-order valence-corrected chi connectivity index (χ1v) is 6.00. The van der Waals surface area contributed by atoms with E-state index < -0.39 is 0 Å². The van der Waals surface area contributed by atoms with Gasteiger partial charge in [0.2, 0.25) is 0 Å². The van der Waals surface area contributed by atoms with Crippen LogP contribution in [0.4, 0.5) is 10.5 Å². The maximum absolute atomic E-state index is 11.2. The van der Waals surface area contributed by atoms with Crippen LogP contribution in [0.15, 0.2) is 22.7 Å². The molecule has 0 heterocycles. The summed E-state index contributed by atoms with van der Waals surface area (Å²) in [5, 5.41) is 5.44. The first-order valence-electron chi connectivity index (χ1n) is 4.13. The maximum Gasteiger partial charge on any atom is 0.319 e. The first-order chi connectivity index (χ1) is 6.63. The van der Waals surface area contributed by atoms with Crippen LogP contribution in [0.5, 0.6) is 0 Å². The van der Waals surface area contributed by atoms with Gasteiger partial charge < -0.3 is 10.6 Å². The minimum Gasteiger partial charge on any atom is -0.338 e. The van der Waals surface area contributed by atoms with Gasteiger partial charge in [-0.1, -0.05) is 15.9 Å². The van der Waals surface area contributed by atoms with Crippen molar-refractivity contribution in [2.75, 3.05) is 11.9 Å². The second-order valence-corrected chi connectivity index (χ2v) is 4.69. The second kappa shape index (κ2) is 5.55. The lowest BCUT2D eigenvalue weighted by Gasteiger charge is -2.07. The van der Waals surface area contributed by atoms with E-state index in [1.807, 2.05) is 25.1 Å². The summed E-state index contributed by atoms with van der Waals surface area (Å²) in [7, 11) is 0. The van der Waals surface area contributed by atoms with Crippen LogP contribution in [0.2, 0.25) is 0 Å². The Kier molecular flexibility index (Phi) is 4.67. The highest BCUT2D eigenvalue weighted by molar-refractivity contribution is 14.1. The lowest BCUT2D eigenvalue weighted by Crippen LogP contribution is -2.28. The van der Waals surface area contributed by atoms with Crippen LogP contribution < -0.4 is 10.6 Å². The summed E-state index contributed by atoms with van der Waals surface area (Å²) in [4.78, 5) is 11.2. The van der Waals surface area contributed by atoms with Gasteiger partial charge in [-0.25, -0.2) is 4.79 Å². The summed E-state index contributed by atoms with van der Waals surface area (Å²) in [6, 6.07) is 5.57. The molecule has 2 amide bonds. The van der Waals surface area contributed by atoms with Gasteiger partial charge in [-0.15, -0.1) is 0 Å². The Bertz CT molecular complexity index is 344. The normalized spacial score (nSPS) is 9.64. The van der Waals surface area contributed by atoms with Crippen molar-refractivity contribution < 1.29 is 4.79 Å². The van der Waals surface area contributed by atoms with Gasteiger partial charge in [-0.05, 0) is 47.7 Å². The van der Waals surface area contributed by atoms with Crippen molar-refractivity contribution in [3.63, 3.8) is 0 Å². The number of amides is 2. The van der Waals surface area contributed by atoms with Crippen LogP contribution in [0.3, 0.4) is 0 Å². The van der Waals surface area contributed by atoms with Crippen LogP contribution in [-0.2, 0) is 0 Å². The molecule has 0 bridgehead atoms. The Morgan fingerprint density at radius 3 is 2.93 bits per heavy atom. The molecule has 0 spiro atoms. The van der Waals surface area contributed by atoms with Crippen molar-refractivity contribution in [1.82, 2.24) is 5.32 Å². The van der Waals surface area contributed by atoms with E-state index >= 15 is 0 Å². The van der Waals surface area contributed by atoms with E-state index in [-0.39, 0.29) is 6.03 Å². The molecule has 3 nitrogen and oxygen atoms in total. The molecule has 0 radical (unpaired) electrons. The monoisotopic (exact) mass is 368 g/mol. The van der Waals surface area contributed by atoms with Gasteiger partial charge in [0.1, 0.15) is 0 Å². The minimum absolute atomic E-state index is 0.177. The van der Waals surface area contributed by atoms with E-state index in [2.05, 4.69) is 49.2 Å². The quantitative estimate of drug-likeness (QED) is 0.773. The number of anilines is 1. The Morgan fingerprint density at radius 2 is 2.29 bits per heavy atom. The SMILES string of the molecule is CCNC(=O)Nc1cc(Br)ccc1I. The summed E-state index contributed by atoms with van der Waals surface area (Å²) in [6.07, 6.45) is 0. The average Bonchev–Trinajstić information content (AvgIpc) is 2.12. The van der Waals surface area contributed by atoms with E-state index in [0.29, 0.717) is 6.54 Å². The van der Waals surface area contributed by atoms with Gasteiger partial charge in [0.15, 0.2) is 0 Å². The van der Waals surface area contributed by atoms with Crippen molar-refractivity contribution in [2.24, 2.45) is 0 Å². The molecule has 1 aromatic rings. The summed E-state index contributed by atoms with van der Waals surface area (Å²) in [6.45, 7) is 2.50. The van der Waals surface area contributed by atoms with Crippen molar-refractivity contribution in [3.8, 4) is 0 Å². The summed E-state index contributed by atoms with van der Waals surface area (Å²) < 4.78 is 1.96. The van der Waals surface area contributed by atoms with E-state index in [1.165, 1.54) is 0 Å². The molecule has 0 aliphatic heterocycles. The zero-order valence-electron chi connectivity index (χ0n) is 7.60. The molecule has 14 heavy (non-hydrogen) atoms. The number of rotatable bonds is 2. The summed E-state index contributed by atoms with van der Waals surface area (Å²) in [5.74, 6) is 0. The lowest BCUT2D eigenvalue weighted by molar-refractivity contribution is 0.252. The number of halogens is 2. The topological polar surface area (TPSA) is 41.1 Å². The fourth-order valence-electron chi connectivity index (χ4n) is 0.920. The Morgan fingerprint density at radius 1 is 1.57 bits per heavy atom. The second-order valence-electron chi connectivity index (χ2n) is 2.61. The molecule has 0 aliphatic rings. The fraction of sp³-hybridized carbons (Fsp3) is 0.222. The van der Waals surface area contributed by atoms with Gasteiger partial charge >= 0.3 is 6.03 Å². The average molecular weight is 369 g/mol. The molecule has 1 aromatic carbocycles. The Balaban J connectivity index is 2.75. The zero-order valence-corrected chi connectivity index (χ0v) is 11.3. The number of carbonyl (C=O) groups is 1. The molecule has 0 saturated heterocycles. The molecule has 76 valence electrons. The summed E-state index contributed by atoms with van der Waals surface area (Å²) >= 11 is 5.53. The highest BCUT2D eigenvalue weighted by Crippen LogP contribution is 2.22. The van der Waals surface area contributed by atoms with Crippen LogP contribution in [-0.4, -0.2) is 12.6 Å². The van der Waals surface area contributed by atoms with E-state index in [4.69, 9.17) is 0 Å². The molecule has 5 heteroatoms. The predicted molar refractivity (Wildman–Crippen MR) is 69.6 cm³/mol. The molecular weight excluding hydrogens is 359 g/mol. The van der Waals surface area contributed by atoms with Gasteiger partial charge in [-0.3, -0.25) is 0 Å². The molecule has 0 atom stereocenters. The molecule has 0 aliphatic carbocycles. The molecule has 1 rings (SSSR count). The number of urea groups is 1. The number of hydrogen-bond acceptors (Lipinski definition) is 1.